The molecule has 2 aromatic heterocycles. The minimum atomic E-state index is -3.94. The lowest BCUT2D eigenvalue weighted by atomic mass is 10.1. The van der Waals surface area contributed by atoms with Crippen LogP contribution in [0.3, 0.4) is 0 Å². The van der Waals surface area contributed by atoms with Gasteiger partial charge >= 0.3 is 6.03 Å². The van der Waals surface area contributed by atoms with Crippen molar-refractivity contribution in [3.05, 3.63) is 48.2 Å². The fourth-order valence-corrected chi connectivity index (χ4v) is 7.87. The molecule has 0 saturated heterocycles. The van der Waals surface area contributed by atoms with Gasteiger partial charge in [0.1, 0.15) is 28.8 Å². The maximum Gasteiger partial charge on any atom is 0.317 e. The summed E-state index contributed by atoms with van der Waals surface area (Å²) in [5.41, 5.74) is 1.33. The Morgan fingerprint density at radius 1 is 1.13 bits per heavy atom. The molecule has 4 amide bonds. The molecular weight excluding hydrogens is 687 g/mol. The highest BCUT2D eigenvalue weighted by molar-refractivity contribution is 7.91. The molecule has 2 fully saturated rings. The molecule has 3 aliphatic rings. The van der Waals surface area contributed by atoms with Crippen LogP contribution in [0, 0.1) is 12.8 Å². The van der Waals surface area contributed by atoms with Crippen LogP contribution in [0.15, 0.2) is 42.6 Å². The van der Waals surface area contributed by atoms with Crippen LogP contribution in [0.4, 0.5) is 4.79 Å². The summed E-state index contributed by atoms with van der Waals surface area (Å²) in [4.78, 5) is 47.4. The Bertz CT molecular complexity index is 1990. The van der Waals surface area contributed by atoms with Crippen LogP contribution in [-0.2, 0) is 26.2 Å². The van der Waals surface area contributed by atoms with E-state index in [0.29, 0.717) is 47.8 Å². The zero-order chi connectivity index (χ0) is 37.3. The normalized spacial score (nSPS) is 23.8. The number of sulfonamides is 1. The van der Waals surface area contributed by atoms with Crippen molar-refractivity contribution in [2.24, 2.45) is 5.92 Å². The summed E-state index contributed by atoms with van der Waals surface area (Å²) < 4.78 is 41.1. The molecule has 0 bridgehead atoms. The smallest absolute Gasteiger partial charge is 0.317 e. The molecule has 6 rings (SSSR count). The van der Waals surface area contributed by atoms with Gasteiger partial charge in [0, 0.05) is 55.7 Å². The fraction of sp³-hybridized carbons (Fsp3) is 0.541. The number of aromatic nitrogens is 3. The van der Waals surface area contributed by atoms with E-state index in [1.54, 1.807) is 21.1 Å². The van der Waals surface area contributed by atoms with Gasteiger partial charge in [0.25, 0.3) is 5.91 Å². The van der Waals surface area contributed by atoms with Crippen molar-refractivity contribution in [1.82, 2.24) is 35.0 Å². The fourth-order valence-electron chi connectivity index (χ4n) is 6.56. The number of rotatable bonds is 11. The predicted octanol–water partition coefficient (Wildman–Crippen LogP) is 4.22. The quantitative estimate of drug-likeness (QED) is 0.244. The van der Waals surface area contributed by atoms with Gasteiger partial charge in [-0.2, -0.15) is 5.10 Å². The largest absolute Gasteiger partial charge is 0.496 e. The molecule has 3 atom stereocenters. The van der Waals surface area contributed by atoms with E-state index in [0.717, 1.165) is 43.2 Å². The number of fused-ring (bicyclic) bond motifs is 2. The molecular formula is C37H49N7O7S. The van der Waals surface area contributed by atoms with Crippen LogP contribution in [0.5, 0.6) is 11.5 Å². The zero-order valence-corrected chi connectivity index (χ0v) is 31.3. The first-order chi connectivity index (χ1) is 24.8. The van der Waals surface area contributed by atoms with E-state index in [1.807, 2.05) is 54.2 Å². The molecule has 3 aromatic rings. The molecule has 0 radical (unpaired) electrons. The predicted molar refractivity (Wildman–Crippen MR) is 196 cm³/mol. The standard InChI is InChI=1S/C37H49N7O7S/c1-6-18-44-20-14-27(41-44)29-22-31(26-12-13-30(50-5)24(2)32(26)38-29)51-21-15-28-33(45)40-37(34(46)42-52(48,49)36(3)16-17-36)23-25(37)11-9-7-8-10-19-43(4)35(47)39-28/h9,11-14,20,22,25,28H,6-8,10,15-19,21,23H2,1-5H3,(H,39,47)(H,40,45)(H,42,46)/b11-9-/t25-,28+,37-/m1/s1. The molecule has 0 unspecified atom stereocenters. The number of hydrogen-bond acceptors (Lipinski definition) is 9. The Balaban J connectivity index is 1.26. The lowest BCUT2D eigenvalue weighted by Gasteiger charge is -2.26. The number of allylic oxidation sites excluding steroid dienone is 1. The van der Waals surface area contributed by atoms with E-state index in [2.05, 4.69) is 22.3 Å². The summed E-state index contributed by atoms with van der Waals surface area (Å²) in [5.74, 6) is -0.571. The summed E-state index contributed by atoms with van der Waals surface area (Å²) in [7, 11) is -0.671. The summed E-state index contributed by atoms with van der Waals surface area (Å²) in [6.45, 7) is 6.89. The Morgan fingerprint density at radius 3 is 2.65 bits per heavy atom. The third-order valence-corrected chi connectivity index (χ3v) is 12.6. The number of amides is 4. The van der Waals surface area contributed by atoms with E-state index < -0.39 is 44.2 Å². The molecule has 52 heavy (non-hydrogen) atoms. The van der Waals surface area contributed by atoms with Crippen LogP contribution < -0.4 is 24.8 Å². The zero-order valence-electron chi connectivity index (χ0n) is 30.5. The Kier molecular flexibility index (Phi) is 10.5. The van der Waals surface area contributed by atoms with Gasteiger partial charge in [-0.1, -0.05) is 19.1 Å². The van der Waals surface area contributed by atoms with Crippen molar-refractivity contribution < 1.29 is 32.3 Å². The van der Waals surface area contributed by atoms with Crippen LogP contribution >= 0.6 is 0 Å². The number of nitrogens with zero attached hydrogens (tertiary/aromatic N) is 4. The van der Waals surface area contributed by atoms with E-state index in [9.17, 15) is 22.8 Å². The van der Waals surface area contributed by atoms with Gasteiger partial charge in [-0.25, -0.2) is 18.2 Å². The summed E-state index contributed by atoms with van der Waals surface area (Å²) >= 11 is 0. The number of pyridine rings is 1. The number of carbonyl (C=O) groups is 3. The van der Waals surface area contributed by atoms with E-state index in [1.165, 1.54) is 4.90 Å². The van der Waals surface area contributed by atoms with Crippen LogP contribution in [0.25, 0.3) is 22.3 Å². The third-order valence-electron chi connectivity index (χ3n) is 10.4. The molecule has 15 heteroatoms. The van der Waals surface area contributed by atoms with Crippen molar-refractivity contribution in [2.45, 2.75) is 95.0 Å². The topological polar surface area (TPSA) is 174 Å². The number of methoxy groups -OCH3 is 1. The Labute approximate surface area is 304 Å². The molecule has 3 heterocycles. The highest BCUT2D eigenvalue weighted by Gasteiger charge is 2.62. The lowest BCUT2D eigenvalue weighted by molar-refractivity contribution is -0.130. The maximum absolute atomic E-state index is 14.0. The number of carbonyl (C=O) groups excluding carboxylic acids is 3. The van der Waals surface area contributed by atoms with Gasteiger partial charge < -0.3 is 25.0 Å². The lowest BCUT2D eigenvalue weighted by Crippen LogP contribution is -2.58. The van der Waals surface area contributed by atoms with Crippen LogP contribution in [0.2, 0.25) is 0 Å². The number of ether oxygens (including phenoxy) is 2. The highest BCUT2D eigenvalue weighted by atomic mass is 32.2. The number of nitrogens with one attached hydrogen (secondary N) is 3. The minimum Gasteiger partial charge on any atom is -0.496 e. The summed E-state index contributed by atoms with van der Waals surface area (Å²) in [6.07, 6.45) is 10.2. The average molecular weight is 736 g/mol. The molecule has 1 aliphatic heterocycles. The Morgan fingerprint density at radius 2 is 1.92 bits per heavy atom. The second kappa shape index (κ2) is 14.8. The van der Waals surface area contributed by atoms with Gasteiger partial charge in [0.15, 0.2) is 0 Å². The second-order valence-electron chi connectivity index (χ2n) is 14.4. The number of benzene rings is 1. The maximum atomic E-state index is 14.0. The number of urea groups is 1. The molecule has 1 aromatic carbocycles. The third kappa shape index (κ3) is 7.59. The van der Waals surface area contributed by atoms with Crippen molar-refractivity contribution in [2.75, 3.05) is 27.3 Å². The SMILES string of the molecule is CCCn1ccc(-c2cc(OCC[C@@H]3NC(=O)N(C)CCCC/C=C\[C@@H]4C[C@@]4(C(=O)NS(=O)(=O)C4(C)CC4)NC3=O)c3ccc(OC)c(C)c3n2)n1. The first-order valence-electron chi connectivity index (χ1n) is 18.0. The second-order valence-corrected chi connectivity index (χ2v) is 16.6. The van der Waals surface area contributed by atoms with Gasteiger partial charge in [-0.15, -0.1) is 0 Å². The van der Waals surface area contributed by atoms with Crippen LogP contribution in [-0.4, -0.2) is 89.6 Å². The monoisotopic (exact) mass is 735 g/mol. The first kappa shape index (κ1) is 37.1. The molecule has 2 saturated carbocycles. The highest BCUT2D eigenvalue weighted by Crippen LogP contribution is 2.47. The van der Waals surface area contributed by atoms with Crippen molar-refractivity contribution in [3.63, 3.8) is 0 Å². The number of hydrogen-bond donors (Lipinski definition) is 3. The number of aryl methyl sites for hydroxylation is 2. The average Bonchev–Trinajstić information content (AvgIpc) is 3.98. The molecule has 0 spiro atoms. The van der Waals surface area contributed by atoms with Gasteiger partial charge in [0.05, 0.1) is 29.7 Å². The van der Waals surface area contributed by atoms with Crippen molar-refractivity contribution >= 4 is 38.8 Å². The van der Waals surface area contributed by atoms with E-state index >= 15 is 0 Å². The summed E-state index contributed by atoms with van der Waals surface area (Å²) in [6, 6.07) is 5.89. The molecule has 2 aliphatic carbocycles. The van der Waals surface area contributed by atoms with Gasteiger partial charge in [-0.3, -0.25) is 19.0 Å². The minimum absolute atomic E-state index is 0.0191. The molecule has 3 N–H and O–H groups in total. The van der Waals surface area contributed by atoms with E-state index in [4.69, 9.17) is 19.6 Å². The van der Waals surface area contributed by atoms with Crippen molar-refractivity contribution in [1.29, 1.82) is 0 Å². The van der Waals surface area contributed by atoms with Gasteiger partial charge in [0.2, 0.25) is 15.9 Å². The Hall–Kier alpha value is -4.66. The van der Waals surface area contributed by atoms with Gasteiger partial charge in [-0.05, 0) is 77.0 Å². The van der Waals surface area contributed by atoms with Crippen LogP contribution in [0.1, 0.15) is 70.8 Å². The molecule has 280 valence electrons. The first-order valence-corrected chi connectivity index (χ1v) is 19.5. The van der Waals surface area contributed by atoms with Crippen molar-refractivity contribution in [3.8, 4) is 22.9 Å². The summed E-state index contributed by atoms with van der Waals surface area (Å²) in [5, 5.41) is 11.1. The van der Waals surface area contributed by atoms with E-state index in [-0.39, 0.29) is 25.4 Å². The molecule has 14 nitrogen and oxygen atoms in total.